The van der Waals surface area contributed by atoms with E-state index in [1.54, 1.807) is 42.6 Å². The van der Waals surface area contributed by atoms with E-state index in [-0.39, 0.29) is 6.03 Å². The third-order valence-electron chi connectivity index (χ3n) is 2.23. The van der Waals surface area contributed by atoms with Crippen LogP contribution in [0.1, 0.15) is 5.69 Å². The predicted molar refractivity (Wildman–Crippen MR) is 68.7 cm³/mol. The van der Waals surface area contributed by atoms with E-state index in [4.69, 9.17) is 5.73 Å². The molecule has 0 aliphatic rings. The molecule has 0 aliphatic heterocycles. The molecule has 18 heavy (non-hydrogen) atoms. The van der Waals surface area contributed by atoms with E-state index in [2.05, 4.69) is 20.8 Å². The number of benzene rings is 1. The lowest BCUT2D eigenvalue weighted by atomic mass is 10.3. The molecule has 2 aromatic rings. The number of nitrogens with one attached hydrogen (secondary N) is 2. The fourth-order valence-electron chi connectivity index (χ4n) is 1.34. The van der Waals surface area contributed by atoms with Gasteiger partial charge >= 0.3 is 6.03 Å². The Morgan fingerprint density at radius 2 is 2.00 bits per heavy atom. The van der Waals surface area contributed by atoms with Crippen molar-refractivity contribution in [3.63, 3.8) is 0 Å². The second-order valence-corrected chi connectivity index (χ2v) is 3.64. The van der Waals surface area contributed by atoms with E-state index in [1.807, 2.05) is 0 Å². The zero-order valence-corrected chi connectivity index (χ0v) is 9.63. The van der Waals surface area contributed by atoms with Gasteiger partial charge in [-0.05, 0) is 36.4 Å². The van der Waals surface area contributed by atoms with E-state index in [0.717, 1.165) is 0 Å². The lowest BCUT2D eigenvalue weighted by Crippen LogP contribution is -2.28. The molecule has 1 heterocycles. The average molecular weight is 243 g/mol. The van der Waals surface area contributed by atoms with Crippen LogP contribution in [0.3, 0.4) is 0 Å². The number of rotatable bonds is 3. The molecule has 0 unspecified atom stereocenters. The summed E-state index contributed by atoms with van der Waals surface area (Å²) in [5, 5.41) is 12.9. The zero-order valence-electron chi connectivity index (χ0n) is 9.63. The van der Waals surface area contributed by atoms with Crippen LogP contribution < -0.4 is 16.4 Å². The number of anilines is 2. The van der Waals surface area contributed by atoms with E-state index in [0.29, 0.717) is 23.6 Å². The molecule has 0 atom stereocenters. The minimum absolute atomic E-state index is 0.301. The summed E-state index contributed by atoms with van der Waals surface area (Å²) < 4.78 is 0. The maximum absolute atomic E-state index is 11.6. The van der Waals surface area contributed by atoms with Crippen LogP contribution in [0.25, 0.3) is 0 Å². The highest BCUT2D eigenvalue weighted by Gasteiger charge is 2.01. The molecule has 2 amide bonds. The molecular formula is C12H13N5O. The van der Waals surface area contributed by atoms with E-state index in [1.165, 1.54) is 0 Å². The minimum Gasteiger partial charge on any atom is -0.399 e. The molecule has 0 saturated heterocycles. The molecule has 1 aromatic carbocycles. The highest BCUT2D eigenvalue weighted by Crippen LogP contribution is 2.09. The molecular weight excluding hydrogens is 230 g/mol. The van der Waals surface area contributed by atoms with Crippen LogP contribution in [-0.4, -0.2) is 16.2 Å². The summed E-state index contributed by atoms with van der Waals surface area (Å²) in [5.74, 6) is 0. The van der Waals surface area contributed by atoms with E-state index >= 15 is 0 Å². The minimum atomic E-state index is -0.301. The van der Waals surface area contributed by atoms with Crippen molar-refractivity contribution in [2.45, 2.75) is 6.54 Å². The first kappa shape index (κ1) is 11.8. The molecule has 2 rings (SSSR count). The van der Waals surface area contributed by atoms with Gasteiger partial charge in [-0.15, -0.1) is 0 Å². The summed E-state index contributed by atoms with van der Waals surface area (Å²) in [6.07, 6.45) is 1.58. The van der Waals surface area contributed by atoms with Crippen molar-refractivity contribution < 1.29 is 4.79 Å². The molecule has 1 aromatic heterocycles. The Morgan fingerprint density at radius 3 is 2.67 bits per heavy atom. The molecule has 4 N–H and O–H groups in total. The van der Waals surface area contributed by atoms with Crippen LogP contribution in [-0.2, 0) is 6.54 Å². The Morgan fingerprint density at radius 1 is 1.22 bits per heavy atom. The molecule has 0 spiro atoms. The number of nitrogens with zero attached hydrogens (tertiary/aromatic N) is 2. The Balaban J connectivity index is 1.84. The smallest absolute Gasteiger partial charge is 0.319 e. The van der Waals surface area contributed by atoms with Gasteiger partial charge < -0.3 is 16.4 Å². The second kappa shape index (κ2) is 5.62. The first-order chi connectivity index (χ1) is 8.74. The third-order valence-corrected chi connectivity index (χ3v) is 2.23. The Labute approximate surface area is 104 Å². The van der Waals surface area contributed by atoms with Gasteiger partial charge in [0.1, 0.15) is 0 Å². The predicted octanol–water partition coefficient (Wildman–Crippen LogP) is 1.38. The van der Waals surface area contributed by atoms with Gasteiger partial charge in [-0.1, -0.05) is 0 Å². The van der Waals surface area contributed by atoms with Crippen LogP contribution in [0.4, 0.5) is 16.2 Å². The number of nitrogens with two attached hydrogens (primary N) is 1. The zero-order chi connectivity index (χ0) is 12.8. The maximum Gasteiger partial charge on any atom is 0.319 e. The van der Waals surface area contributed by atoms with Crippen molar-refractivity contribution >= 4 is 17.4 Å². The van der Waals surface area contributed by atoms with E-state index < -0.39 is 0 Å². The SMILES string of the molecule is Nc1ccc(NC(=O)NCc2cccnn2)cc1. The van der Waals surface area contributed by atoms with Crippen molar-refractivity contribution in [3.8, 4) is 0 Å². The third kappa shape index (κ3) is 3.44. The molecule has 6 nitrogen and oxygen atoms in total. The van der Waals surface area contributed by atoms with Crippen molar-refractivity contribution in [2.24, 2.45) is 0 Å². The molecule has 0 bridgehead atoms. The number of amides is 2. The molecule has 0 radical (unpaired) electrons. The molecule has 0 fully saturated rings. The number of nitrogen functional groups attached to an aromatic ring is 1. The van der Waals surface area contributed by atoms with Crippen molar-refractivity contribution in [1.29, 1.82) is 0 Å². The maximum atomic E-state index is 11.6. The van der Waals surface area contributed by atoms with Gasteiger partial charge in [0.25, 0.3) is 0 Å². The molecule has 0 saturated carbocycles. The van der Waals surface area contributed by atoms with Gasteiger partial charge in [0.05, 0.1) is 12.2 Å². The highest BCUT2D eigenvalue weighted by atomic mass is 16.2. The van der Waals surface area contributed by atoms with Gasteiger partial charge in [-0.3, -0.25) is 0 Å². The molecule has 0 aliphatic carbocycles. The largest absolute Gasteiger partial charge is 0.399 e. The standard InChI is InChI=1S/C12H13N5O/c13-9-3-5-10(6-4-9)16-12(18)14-8-11-2-1-7-15-17-11/h1-7H,8,13H2,(H2,14,16,18). The first-order valence-electron chi connectivity index (χ1n) is 5.41. The number of urea groups is 1. The number of carbonyl (C=O) groups is 1. The summed E-state index contributed by atoms with van der Waals surface area (Å²) in [6, 6.07) is 10.2. The topological polar surface area (TPSA) is 92.9 Å². The summed E-state index contributed by atoms with van der Waals surface area (Å²) in [6.45, 7) is 0.328. The van der Waals surface area contributed by atoms with Gasteiger partial charge in [0.2, 0.25) is 0 Å². The lowest BCUT2D eigenvalue weighted by Gasteiger charge is -2.07. The average Bonchev–Trinajstić information content (AvgIpc) is 2.40. The first-order valence-corrected chi connectivity index (χ1v) is 5.41. The summed E-state index contributed by atoms with van der Waals surface area (Å²) in [4.78, 5) is 11.6. The van der Waals surface area contributed by atoms with Gasteiger partial charge in [0.15, 0.2) is 0 Å². The summed E-state index contributed by atoms with van der Waals surface area (Å²) >= 11 is 0. The number of aromatic nitrogens is 2. The van der Waals surface area contributed by atoms with Crippen LogP contribution in [0.5, 0.6) is 0 Å². The van der Waals surface area contributed by atoms with E-state index in [9.17, 15) is 4.79 Å². The Bertz CT molecular complexity index is 512. The van der Waals surface area contributed by atoms with Crippen molar-refractivity contribution in [3.05, 3.63) is 48.3 Å². The fraction of sp³-hybridized carbons (Fsp3) is 0.0833. The van der Waals surface area contributed by atoms with Crippen LogP contribution in [0, 0.1) is 0 Å². The number of carbonyl (C=O) groups excluding carboxylic acids is 1. The summed E-state index contributed by atoms with van der Waals surface area (Å²) in [7, 11) is 0. The van der Waals surface area contributed by atoms with Gasteiger partial charge in [-0.2, -0.15) is 10.2 Å². The van der Waals surface area contributed by atoms with Gasteiger partial charge in [-0.25, -0.2) is 4.79 Å². The Hall–Kier alpha value is -2.63. The quantitative estimate of drug-likeness (QED) is 0.710. The van der Waals surface area contributed by atoms with Crippen LogP contribution >= 0.6 is 0 Å². The lowest BCUT2D eigenvalue weighted by molar-refractivity contribution is 0.251. The second-order valence-electron chi connectivity index (χ2n) is 3.64. The van der Waals surface area contributed by atoms with Crippen LogP contribution in [0.15, 0.2) is 42.6 Å². The number of hydrogen-bond donors (Lipinski definition) is 3. The van der Waals surface area contributed by atoms with Gasteiger partial charge in [0, 0.05) is 17.6 Å². The van der Waals surface area contributed by atoms with Crippen molar-refractivity contribution in [1.82, 2.24) is 15.5 Å². The Kier molecular flexibility index (Phi) is 3.70. The molecule has 92 valence electrons. The summed E-state index contributed by atoms with van der Waals surface area (Å²) in [5.41, 5.74) is 7.58. The monoisotopic (exact) mass is 243 g/mol. The number of hydrogen-bond acceptors (Lipinski definition) is 4. The fourth-order valence-corrected chi connectivity index (χ4v) is 1.34. The molecule has 6 heteroatoms. The normalized spacial score (nSPS) is 9.78. The highest BCUT2D eigenvalue weighted by molar-refractivity contribution is 5.89. The van der Waals surface area contributed by atoms with Crippen molar-refractivity contribution in [2.75, 3.05) is 11.1 Å². The van der Waals surface area contributed by atoms with Crippen LogP contribution in [0.2, 0.25) is 0 Å².